The van der Waals surface area contributed by atoms with Gasteiger partial charge in [0.25, 0.3) is 0 Å². The molecule has 0 bridgehead atoms. The van der Waals surface area contributed by atoms with Crippen molar-refractivity contribution >= 4 is 6.09 Å². The molecule has 0 spiro atoms. The van der Waals surface area contributed by atoms with Crippen molar-refractivity contribution in [2.75, 3.05) is 26.2 Å². The Hall–Kier alpha value is -1.63. The molecule has 0 saturated carbocycles. The van der Waals surface area contributed by atoms with Gasteiger partial charge in [0.05, 0.1) is 6.54 Å². The number of carbonyl (C=O) groups excluding carboxylic acids is 1. The molecule has 23 heavy (non-hydrogen) atoms. The largest absolute Gasteiger partial charge is 0.444 e. The molecule has 0 unspecified atom stereocenters. The lowest BCUT2D eigenvalue weighted by Gasteiger charge is -2.26. The van der Waals surface area contributed by atoms with E-state index >= 15 is 0 Å². The second-order valence-electron chi connectivity index (χ2n) is 7.30. The van der Waals surface area contributed by atoms with Crippen LogP contribution in [0.1, 0.15) is 58.7 Å². The SMILES string of the molecule is CC(C)c1noc(CN2CCCN(C(=O)OC(C)(C)C)CC2)n1. The van der Waals surface area contributed by atoms with Crippen LogP contribution in [-0.4, -0.2) is 57.8 Å². The van der Waals surface area contributed by atoms with Gasteiger partial charge in [-0.3, -0.25) is 4.90 Å². The summed E-state index contributed by atoms with van der Waals surface area (Å²) in [6.45, 7) is 13.4. The first-order chi connectivity index (χ1) is 10.7. The molecule has 1 amide bonds. The Morgan fingerprint density at radius 2 is 2.00 bits per heavy atom. The van der Waals surface area contributed by atoms with Gasteiger partial charge < -0.3 is 14.2 Å². The summed E-state index contributed by atoms with van der Waals surface area (Å²) in [5, 5.41) is 3.99. The Morgan fingerprint density at radius 1 is 1.26 bits per heavy atom. The Bertz CT molecular complexity index is 522. The number of hydrogen-bond donors (Lipinski definition) is 0. The molecule has 1 aliphatic heterocycles. The Balaban J connectivity index is 1.87. The van der Waals surface area contributed by atoms with Crippen LogP contribution in [0.25, 0.3) is 0 Å². The Morgan fingerprint density at radius 3 is 2.61 bits per heavy atom. The van der Waals surface area contributed by atoms with Gasteiger partial charge >= 0.3 is 6.09 Å². The quantitative estimate of drug-likeness (QED) is 0.851. The summed E-state index contributed by atoms with van der Waals surface area (Å²) in [6.07, 6.45) is 0.670. The maximum Gasteiger partial charge on any atom is 0.410 e. The molecular weight excluding hydrogens is 296 g/mol. The van der Waals surface area contributed by atoms with Crippen molar-refractivity contribution < 1.29 is 14.1 Å². The van der Waals surface area contributed by atoms with Crippen LogP contribution in [0.3, 0.4) is 0 Å². The zero-order valence-electron chi connectivity index (χ0n) is 14.8. The van der Waals surface area contributed by atoms with E-state index in [9.17, 15) is 4.79 Å². The molecule has 1 saturated heterocycles. The highest BCUT2D eigenvalue weighted by molar-refractivity contribution is 5.68. The summed E-state index contributed by atoms with van der Waals surface area (Å²) in [5.74, 6) is 1.64. The average molecular weight is 324 g/mol. The fraction of sp³-hybridized carbons (Fsp3) is 0.812. The maximum atomic E-state index is 12.2. The van der Waals surface area contributed by atoms with Crippen molar-refractivity contribution in [3.8, 4) is 0 Å². The van der Waals surface area contributed by atoms with E-state index in [2.05, 4.69) is 15.0 Å². The third-order valence-electron chi connectivity index (χ3n) is 3.60. The average Bonchev–Trinajstić information content (AvgIpc) is 2.76. The minimum Gasteiger partial charge on any atom is -0.444 e. The summed E-state index contributed by atoms with van der Waals surface area (Å²) in [4.78, 5) is 20.6. The molecule has 7 heteroatoms. The van der Waals surface area contributed by atoms with Crippen LogP contribution in [0.5, 0.6) is 0 Å². The van der Waals surface area contributed by atoms with Gasteiger partial charge in [-0.25, -0.2) is 4.79 Å². The van der Waals surface area contributed by atoms with Crippen LogP contribution in [0.15, 0.2) is 4.52 Å². The van der Waals surface area contributed by atoms with E-state index < -0.39 is 5.60 Å². The lowest BCUT2D eigenvalue weighted by molar-refractivity contribution is 0.0257. The number of amides is 1. The third-order valence-corrected chi connectivity index (χ3v) is 3.60. The molecule has 0 radical (unpaired) electrons. The molecule has 1 aliphatic rings. The van der Waals surface area contributed by atoms with Gasteiger partial charge in [0.1, 0.15) is 5.60 Å². The number of hydrogen-bond acceptors (Lipinski definition) is 6. The maximum absolute atomic E-state index is 12.2. The van der Waals surface area contributed by atoms with Crippen molar-refractivity contribution in [3.05, 3.63) is 11.7 Å². The highest BCUT2D eigenvalue weighted by Crippen LogP contribution is 2.14. The van der Waals surface area contributed by atoms with Gasteiger partial charge in [-0.1, -0.05) is 19.0 Å². The number of aromatic nitrogens is 2. The first-order valence-electron chi connectivity index (χ1n) is 8.27. The van der Waals surface area contributed by atoms with Crippen LogP contribution in [0.2, 0.25) is 0 Å². The second-order valence-corrected chi connectivity index (χ2v) is 7.30. The highest BCUT2D eigenvalue weighted by Gasteiger charge is 2.25. The topological polar surface area (TPSA) is 71.7 Å². The van der Waals surface area contributed by atoms with E-state index in [1.807, 2.05) is 34.6 Å². The zero-order chi connectivity index (χ0) is 17.0. The molecular formula is C16H28N4O3. The fourth-order valence-corrected chi connectivity index (χ4v) is 2.40. The fourth-order valence-electron chi connectivity index (χ4n) is 2.40. The number of carbonyl (C=O) groups is 1. The van der Waals surface area contributed by atoms with Crippen molar-refractivity contribution in [1.29, 1.82) is 0 Å². The van der Waals surface area contributed by atoms with E-state index in [1.165, 1.54) is 0 Å². The minimum atomic E-state index is -0.458. The van der Waals surface area contributed by atoms with Gasteiger partial charge in [-0.15, -0.1) is 0 Å². The molecule has 1 aromatic rings. The number of rotatable bonds is 3. The van der Waals surface area contributed by atoms with Gasteiger partial charge in [0.2, 0.25) is 5.89 Å². The lowest BCUT2D eigenvalue weighted by Crippen LogP contribution is -2.39. The van der Waals surface area contributed by atoms with Crippen LogP contribution in [0, 0.1) is 0 Å². The van der Waals surface area contributed by atoms with E-state index in [4.69, 9.17) is 9.26 Å². The van der Waals surface area contributed by atoms with Gasteiger partial charge in [-0.2, -0.15) is 4.98 Å². The van der Waals surface area contributed by atoms with Crippen LogP contribution < -0.4 is 0 Å². The Labute approximate surface area is 138 Å². The molecule has 1 fully saturated rings. The summed E-state index contributed by atoms with van der Waals surface area (Å²) < 4.78 is 10.7. The van der Waals surface area contributed by atoms with E-state index in [0.717, 1.165) is 25.3 Å². The summed E-state index contributed by atoms with van der Waals surface area (Å²) in [6, 6.07) is 0. The molecule has 7 nitrogen and oxygen atoms in total. The monoisotopic (exact) mass is 324 g/mol. The smallest absolute Gasteiger partial charge is 0.410 e. The van der Waals surface area contributed by atoms with E-state index in [1.54, 1.807) is 4.90 Å². The van der Waals surface area contributed by atoms with Crippen molar-refractivity contribution in [3.63, 3.8) is 0 Å². The molecule has 0 aromatic carbocycles. The molecule has 2 heterocycles. The second kappa shape index (κ2) is 7.29. The lowest BCUT2D eigenvalue weighted by atomic mass is 10.2. The predicted octanol–water partition coefficient (Wildman–Crippen LogP) is 2.64. The number of nitrogens with zero attached hydrogens (tertiary/aromatic N) is 4. The van der Waals surface area contributed by atoms with Crippen LogP contribution in [0.4, 0.5) is 4.79 Å². The molecule has 0 N–H and O–H groups in total. The van der Waals surface area contributed by atoms with E-state index in [0.29, 0.717) is 25.5 Å². The molecule has 1 aromatic heterocycles. The standard InChI is InChI=1S/C16H28N4O3/c1-12(2)14-17-13(23-18-14)11-19-7-6-8-20(10-9-19)15(21)22-16(3,4)5/h12H,6-11H2,1-5H3. The summed E-state index contributed by atoms with van der Waals surface area (Å²) in [5.41, 5.74) is -0.458. The van der Waals surface area contributed by atoms with Gasteiger partial charge in [0.15, 0.2) is 5.82 Å². The molecule has 0 aliphatic carbocycles. The zero-order valence-corrected chi connectivity index (χ0v) is 14.8. The molecule has 0 atom stereocenters. The third kappa shape index (κ3) is 5.49. The summed E-state index contributed by atoms with van der Waals surface area (Å²) >= 11 is 0. The summed E-state index contributed by atoms with van der Waals surface area (Å²) in [7, 11) is 0. The van der Waals surface area contributed by atoms with Crippen molar-refractivity contribution in [2.45, 2.75) is 59.1 Å². The van der Waals surface area contributed by atoms with Crippen LogP contribution in [-0.2, 0) is 11.3 Å². The first-order valence-corrected chi connectivity index (χ1v) is 8.27. The molecule has 130 valence electrons. The normalized spacial score (nSPS) is 17.4. The highest BCUT2D eigenvalue weighted by atomic mass is 16.6. The van der Waals surface area contributed by atoms with Gasteiger partial charge in [-0.05, 0) is 27.2 Å². The first kappa shape index (κ1) is 17.7. The minimum absolute atomic E-state index is 0.237. The van der Waals surface area contributed by atoms with Crippen molar-refractivity contribution in [2.24, 2.45) is 0 Å². The Kier molecular flexibility index (Phi) is 5.62. The molecule has 2 rings (SSSR count). The van der Waals surface area contributed by atoms with Crippen LogP contribution >= 0.6 is 0 Å². The van der Waals surface area contributed by atoms with Gasteiger partial charge in [0, 0.05) is 32.1 Å². The van der Waals surface area contributed by atoms with Crippen molar-refractivity contribution in [1.82, 2.24) is 19.9 Å². The number of ether oxygens (including phenoxy) is 1. The van der Waals surface area contributed by atoms with E-state index in [-0.39, 0.29) is 12.0 Å². The predicted molar refractivity (Wildman–Crippen MR) is 86.1 cm³/mol.